The van der Waals surface area contributed by atoms with Gasteiger partial charge >= 0.3 is 5.97 Å². The lowest BCUT2D eigenvalue weighted by atomic mass is 10.4. The van der Waals surface area contributed by atoms with Crippen LogP contribution < -0.4 is 5.32 Å². The Morgan fingerprint density at radius 1 is 1.61 bits per heavy atom. The predicted molar refractivity (Wildman–Crippen MR) is 67.8 cm³/mol. The number of rotatable bonds is 4. The predicted octanol–water partition coefficient (Wildman–Crippen LogP) is 1.26. The third kappa shape index (κ3) is 2.69. The van der Waals surface area contributed by atoms with Gasteiger partial charge in [-0.15, -0.1) is 11.3 Å². The lowest BCUT2D eigenvalue weighted by Gasteiger charge is -1.96. The van der Waals surface area contributed by atoms with Crippen LogP contribution in [0.2, 0.25) is 5.15 Å². The normalized spacial score (nSPS) is 11.2. The Morgan fingerprint density at radius 3 is 3.11 bits per heavy atom. The maximum absolute atomic E-state index is 11.3. The highest BCUT2D eigenvalue weighted by atomic mass is 35.5. The number of carbonyl (C=O) groups excluding carboxylic acids is 1. The SMILES string of the molecule is O=C(O)CNC(=O)/C=C/c1c(Cl)nc2sccn12. The highest BCUT2D eigenvalue weighted by Crippen LogP contribution is 2.22. The van der Waals surface area contributed by atoms with Crippen LogP contribution in [0.15, 0.2) is 17.7 Å². The molecule has 0 bridgehead atoms. The minimum atomic E-state index is -1.10. The highest BCUT2D eigenvalue weighted by Gasteiger charge is 2.08. The van der Waals surface area contributed by atoms with Crippen molar-refractivity contribution in [1.29, 1.82) is 0 Å². The molecule has 2 aromatic rings. The zero-order chi connectivity index (χ0) is 13.1. The second-order valence-electron chi connectivity index (χ2n) is 3.29. The van der Waals surface area contributed by atoms with Crippen molar-refractivity contribution in [2.75, 3.05) is 6.54 Å². The van der Waals surface area contributed by atoms with E-state index in [0.717, 1.165) is 4.96 Å². The van der Waals surface area contributed by atoms with Gasteiger partial charge < -0.3 is 10.4 Å². The van der Waals surface area contributed by atoms with Gasteiger partial charge in [-0.3, -0.25) is 14.0 Å². The Morgan fingerprint density at radius 2 is 2.39 bits per heavy atom. The minimum Gasteiger partial charge on any atom is -0.480 e. The van der Waals surface area contributed by atoms with Gasteiger partial charge in [-0.05, 0) is 6.08 Å². The quantitative estimate of drug-likeness (QED) is 0.829. The summed E-state index contributed by atoms with van der Waals surface area (Å²) in [6.07, 6.45) is 4.50. The number of hydrogen-bond donors (Lipinski definition) is 2. The summed E-state index contributed by atoms with van der Waals surface area (Å²) in [5.41, 5.74) is 0.582. The van der Waals surface area contributed by atoms with Crippen molar-refractivity contribution in [3.05, 3.63) is 28.5 Å². The van der Waals surface area contributed by atoms with E-state index in [1.807, 2.05) is 5.38 Å². The third-order valence-electron chi connectivity index (χ3n) is 2.06. The van der Waals surface area contributed by atoms with Gasteiger partial charge in [0.1, 0.15) is 6.54 Å². The first-order chi connectivity index (χ1) is 8.58. The smallest absolute Gasteiger partial charge is 0.322 e. The molecule has 2 N–H and O–H groups in total. The Labute approximate surface area is 111 Å². The third-order valence-corrected chi connectivity index (χ3v) is 3.10. The van der Waals surface area contributed by atoms with E-state index in [4.69, 9.17) is 16.7 Å². The second kappa shape index (κ2) is 5.19. The highest BCUT2D eigenvalue weighted by molar-refractivity contribution is 7.15. The van der Waals surface area contributed by atoms with Crippen LogP contribution in [0.5, 0.6) is 0 Å². The number of aromatic nitrogens is 2. The molecule has 18 heavy (non-hydrogen) atoms. The average molecular weight is 286 g/mol. The zero-order valence-electron chi connectivity index (χ0n) is 8.96. The number of hydrogen-bond acceptors (Lipinski definition) is 4. The summed E-state index contributed by atoms with van der Waals surface area (Å²) in [6, 6.07) is 0. The first kappa shape index (κ1) is 12.6. The number of carboxylic acid groups (broad SMARTS) is 1. The van der Waals surface area contributed by atoms with Crippen LogP contribution in [-0.2, 0) is 9.59 Å². The molecule has 94 valence electrons. The molecule has 0 aliphatic carbocycles. The van der Waals surface area contributed by atoms with Gasteiger partial charge in [-0.25, -0.2) is 4.98 Å². The monoisotopic (exact) mass is 285 g/mol. The van der Waals surface area contributed by atoms with Crippen molar-refractivity contribution >= 4 is 45.9 Å². The van der Waals surface area contributed by atoms with Gasteiger partial charge in [-0.1, -0.05) is 11.6 Å². The first-order valence-corrected chi connectivity index (χ1v) is 6.12. The van der Waals surface area contributed by atoms with Crippen LogP contribution in [-0.4, -0.2) is 32.9 Å². The number of halogens is 1. The molecule has 0 atom stereocenters. The molecule has 0 saturated heterocycles. The summed E-state index contributed by atoms with van der Waals surface area (Å²) in [6.45, 7) is -0.419. The fraction of sp³-hybridized carbons (Fsp3) is 0.100. The largest absolute Gasteiger partial charge is 0.480 e. The fourth-order valence-corrected chi connectivity index (χ4v) is 2.31. The molecule has 0 radical (unpaired) electrons. The summed E-state index contributed by atoms with van der Waals surface area (Å²) in [5.74, 6) is -1.60. The lowest BCUT2D eigenvalue weighted by molar-refractivity contribution is -0.137. The summed E-state index contributed by atoms with van der Waals surface area (Å²) in [7, 11) is 0. The topological polar surface area (TPSA) is 83.7 Å². The zero-order valence-corrected chi connectivity index (χ0v) is 10.5. The van der Waals surface area contributed by atoms with Gasteiger partial charge in [0.25, 0.3) is 0 Å². The van der Waals surface area contributed by atoms with Gasteiger partial charge in [0, 0.05) is 17.7 Å². The van der Waals surface area contributed by atoms with E-state index in [0.29, 0.717) is 10.8 Å². The fourth-order valence-electron chi connectivity index (χ4n) is 1.30. The minimum absolute atomic E-state index is 0.295. The van der Waals surface area contributed by atoms with Gasteiger partial charge in [0.2, 0.25) is 5.91 Å². The summed E-state index contributed by atoms with van der Waals surface area (Å²) < 4.78 is 1.74. The van der Waals surface area contributed by atoms with Crippen LogP contribution in [0.1, 0.15) is 5.69 Å². The number of imidazole rings is 1. The number of amides is 1. The van der Waals surface area contributed by atoms with E-state index in [1.54, 1.807) is 10.6 Å². The van der Waals surface area contributed by atoms with Crippen LogP contribution in [0.3, 0.4) is 0 Å². The Kier molecular flexibility index (Phi) is 3.63. The van der Waals surface area contributed by atoms with Crippen LogP contribution in [0.4, 0.5) is 0 Å². The average Bonchev–Trinajstić information content (AvgIpc) is 2.84. The lowest BCUT2D eigenvalue weighted by Crippen LogP contribution is -2.27. The van der Waals surface area contributed by atoms with E-state index in [1.165, 1.54) is 23.5 Å². The first-order valence-electron chi connectivity index (χ1n) is 4.86. The molecular formula is C10H8ClN3O3S. The molecule has 6 nitrogen and oxygen atoms in total. The van der Waals surface area contributed by atoms with E-state index in [9.17, 15) is 9.59 Å². The Bertz CT molecular complexity index is 631. The molecular weight excluding hydrogens is 278 g/mol. The molecule has 0 aromatic carbocycles. The number of nitrogens with zero attached hydrogens (tertiary/aromatic N) is 2. The number of nitrogens with one attached hydrogen (secondary N) is 1. The number of carbonyl (C=O) groups is 2. The van der Waals surface area contributed by atoms with Crippen molar-refractivity contribution in [3.8, 4) is 0 Å². The van der Waals surface area contributed by atoms with Crippen molar-refractivity contribution in [1.82, 2.24) is 14.7 Å². The van der Waals surface area contributed by atoms with Crippen molar-refractivity contribution in [2.24, 2.45) is 0 Å². The molecule has 0 aliphatic heterocycles. The van der Waals surface area contributed by atoms with Crippen molar-refractivity contribution in [3.63, 3.8) is 0 Å². The molecule has 1 amide bonds. The molecule has 0 fully saturated rings. The maximum atomic E-state index is 11.3. The van der Waals surface area contributed by atoms with Crippen molar-refractivity contribution in [2.45, 2.75) is 0 Å². The number of carboxylic acids is 1. The van der Waals surface area contributed by atoms with E-state index < -0.39 is 18.4 Å². The number of fused-ring (bicyclic) bond motifs is 1. The Hall–Kier alpha value is -1.86. The second-order valence-corrected chi connectivity index (χ2v) is 4.52. The molecule has 2 heterocycles. The van der Waals surface area contributed by atoms with Crippen LogP contribution >= 0.6 is 22.9 Å². The maximum Gasteiger partial charge on any atom is 0.322 e. The molecule has 0 spiro atoms. The van der Waals surface area contributed by atoms with E-state index in [-0.39, 0.29) is 0 Å². The molecule has 2 aromatic heterocycles. The van der Waals surface area contributed by atoms with Gasteiger partial charge in [-0.2, -0.15) is 0 Å². The van der Waals surface area contributed by atoms with Crippen molar-refractivity contribution < 1.29 is 14.7 Å². The molecule has 0 aliphatic rings. The molecule has 0 saturated carbocycles. The standard InChI is InChI=1S/C10H8ClN3O3S/c11-9-6(14-3-4-18-10(14)13-9)1-2-7(15)12-5-8(16)17/h1-4H,5H2,(H,12,15)(H,16,17)/b2-1+. The van der Waals surface area contributed by atoms with Gasteiger partial charge in [0.05, 0.1) is 5.69 Å². The van der Waals surface area contributed by atoms with E-state index in [2.05, 4.69) is 10.3 Å². The number of thiazole rings is 1. The molecule has 8 heteroatoms. The van der Waals surface area contributed by atoms with Crippen LogP contribution in [0, 0.1) is 0 Å². The summed E-state index contributed by atoms with van der Waals surface area (Å²) >= 11 is 7.34. The van der Waals surface area contributed by atoms with Crippen LogP contribution in [0.25, 0.3) is 11.0 Å². The van der Waals surface area contributed by atoms with E-state index >= 15 is 0 Å². The number of aliphatic carboxylic acids is 1. The molecule has 0 unspecified atom stereocenters. The summed E-state index contributed by atoms with van der Waals surface area (Å²) in [5, 5.41) is 12.8. The molecule has 2 rings (SSSR count). The van der Waals surface area contributed by atoms with Gasteiger partial charge in [0.15, 0.2) is 10.1 Å². The Balaban J connectivity index is 2.13. The summed E-state index contributed by atoms with van der Waals surface area (Å²) in [4.78, 5) is 26.4.